The Balaban J connectivity index is 4.92. The predicted octanol–water partition coefficient (Wildman–Crippen LogP) is 0.391. The van der Waals surface area contributed by atoms with Gasteiger partial charge >= 0.3 is 5.97 Å². The number of rotatable bonds is 7. The lowest BCUT2D eigenvalue weighted by Crippen LogP contribution is -2.54. The van der Waals surface area contributed by atoms with Gasteiger partial charge in [-0.05, 0) is 6.92 Å². The smallest absolute Gasteiger partial charge is 0.330 e. The highest BCUT2D eigenvalue weighted by Gasteiger charge is 2.42. The van der Waals surface area contributed by atoms with Gasteiger partial charge in [0.05, 0.1) is 29.8 Å². The van der Waals surface area contributed by atoms with E-state index in [1.807, 2.05) is 0 Å². The van der Waals surface area contributed by atoms with Crippen molar-refractivity contribution in [1.82, 2.24) is 5.32 Å². The highest BCUT2D eigenvalue weighted by atomic mass is 16.5. The maximum atomic E-state index is 10.9. The van der Waals surface area contributed by atoms with E-state index >= 15 is 0 Å². The molecular formula is C13H13N5O2. The van der Waals surface area contributed by atoms with Gasteiger partial charge in [-0.15, -0.1) is 0 Å². The summed E-state index contributed by atoms with van der Waals surface area (Å²) in [6.45, 7) is 4.73. The standard InChI is InChI=1S/C13H13N5O2/c1-3-12(19)20-5-4-18-13(2,10(6-14)7-15)11(8-16)9-17/h3,10-11,18H,1,4-5H2,2H3. The van der Waals surface area contributed by atoms with Gasteiger partial charge in [0.25, 0.3) is 0 Å². The number of nitrogens with one attached hydrogen (secondary N) is 1. The summed E-state index contributed by atoms with van der Waals surface area (Å²) in [7, 11) is 0. The summed E-state index contributed by atoms with van der Waals surface area (Å²) < 4.78 is 4.73. The van der Waals surface area contributed by atoms with E-state index in [-0.39, 0.29) is 13.2 Å². The third-order valence-electron chi connectivity index (χ3n) is 2.73. The first-order valence-corrected chi connectivity index (χ1v) is 5.62. The summed E-state index contributed by atoms with van der Waals surface area (Å²) in [5.74, 6) is -2.99. The van der Waals surface area contributed by atoms with E-state index in [1.54, 1.807) is 24.3 Å². The topological polar surface area (TPSA) is 133 Å². The number of hydrogen-bond donors (Lipinski definition) is 1. The fourth-order valence-electron chi connectivity index (χ4n) is 1.50. The molecule has 0 unspecified atom stereocenters. The van der Waals surface area contributed by atoms with Crippen LogP contribution >= 0.6 is 0 Å². The van der Waals surface area contributed by atoms with Gasteiger partial charge in [0.15, 0.2) is 11.8 Å². The van der Waals surface area contributed by atoms with Gasteiger partial charge in [-0.1, -0.05) is 6.58 Å². The van der Waals surface area contributed by atoms with Gasteiger partial charge in [-0.2, -0.15) is 21.0 Å². The van der Waals surface area contributed by atoms with E-state index in [1.165, 1.54) is 6.92 Å². The Bertz CT molecular complexity index is 469. The van der Waals surface area contributed by atoms with Crippen molar-refractivity contribution in [2.75, 3.05) is 13.2 Å². The van der Waals surface area contributed by atoms with Crippen LogP contribution in [0.5, 0.6) is 0 Å². The molecular weight excluding hydrogens is 258 g/mol. The van der Waals surface area contributed by atoms with Crippen molar-refractivity contribution in [1.29, 1.82) is 21.0 Å². The largest absolute Gasteiger partial charge is 0.461 e. The Morgan fingerprint density at radius 3 is 2.05 bits per heavy atom. The molecule has 0 aromatic carbocycles. The van der Waals surface area contributed by atoms with E-state index in [2.05, 4.69) is 11.9 Å². The van der Waals surface area contributed by atoms with Crippen LogP contribution < -0.4 is 5.32 Å². The predicted molar refractivity (Wildman–Crippen MR) is 67.0 cm³/mol. The lowest BCUT2D eigenvalue weighted by atomic mass is 9.77. The summed E-state index contributed by atoms with van der Waals surface area (Å²) in [5.41, 5.74) is -1.34. The molecule has 0 aliphatic rings. The number of nitriles is 4. The van der Waals surface area contributed by atoms with E-state index in [9.17, 15) is 4.79 Å². The molecule has 7 nitrogen and oxygen atoms in total. The van der Waals surface area contributed by atoms with Crippen molar-refractivity contribution in [2.24, 2.45) is 11.8 Å². The van der Waals surface area contributed by atoms with Crippen LogP contribution in [0, 0.1) is 57.2 Å². The molecule has 0 bridgehead atoms. The van der Waals surface area contributed by atoms with E-state index in [4.69, 9.17) is 25.8 Å². The molecule has 0 aliphatic heterocycles. The Morgan fingerprint density at radius 1 is 1.25 bits per heavy atom. The third-order valence-corrected chi connectivity index (χ3v) is 2.73. The summed E-state index contributed by atoms with van der Waals surface area (Å²) in [4.78, 5) is 10.9. The highest BCUT2D eigenvalue weighted by Crippen LogP contribution is 2.25. The molecule has 1 N–H and O–H groups in total. The molecule has 0 aromatic rings. The van der Waals surface area contributed by atoms with Crippen LogP contribution in [0.25, 0.3) is 0 Å². The highest BCUT2D eigenvalue weighted by molar-refractivity contribution is 5.81. The lowest BCUT2D eigenvalue weighted by molar-refractivity contribution is -0.137. The van der Waals surface area contributed by atoms with Crippen LogP contribution in [0.1, 0.15) is 6.92 Å². The normalized spacial score (nSPS) is 9.95. The van der Waals surface area contributed by atoms with Crippen molar-refractivity contribution in [2.45, 2.75) is 12.5 Å². The van der Waals surface area contributed by atoms with Crippen LogP contribution in [-0.4, -0.2) is 24.7 Å². The zero-order chi connectivity index (χ0) is 15.6. The van der Waals surface area contributed by atoms with Gasteiger partial charge in [-0.25, -0.2) is 4.79 Å². The molecule has 0 spiro atoms. The second kappa shape index (κ2) is 8.27. The first-order valence-electron chi connectivity index (χ1n) is 5.62. The average Bonchev–Trinajstić information content (AvgIpc) is 2.45. The third kappa shape index (κ3) is 4.10. The Morgan fingerprint density at radius 2 is 1.70 bits per heavy atom. The van der Waals surface area contributed by atoms with Crippen LogP contribution in [0.2, 0.25) is 0 Å². The molecule has 0 aliphatic carbocycles. The van der Waals surface area contributed by atoms with Crippen molar-refractivity contribution in [3.05, 3.63) is 12.7 Å². The Hall–Kier alpha value is -2.87. The number of carbonyl (C=O) groups is 1. The second-order valence-electron chi connectivity index (χ2n) is 3.96. The molecule has 0 saturated heterocycles. The molecule has 0 radical (unpaired) electrons. The minimum atomic E-state index is -1.34. The maximum Gasteiger partial charge on any atom is 0.330 e. The van der Waals surface area contributed by atoms with Gasteiger partial charge < -0.3 is 10.1 Å². The molecule has 20 heavy (non-hydrogen) atoms. The maximum absolute atomic E-state index is 10.9. The molecule has 0 aromatic heterocycles. The molecule has 0 saturated carbocycles. The second-order valence-corrected chi connectivity index (χ2v) is 3.96. The van der Waals surface area contributed by atoms with Crippen LogP contribution in [0.3, 0.4) is 0 Å². The molecule has 102 valence electrons. The van der Waals surface area contributed by atoms with Crippen molar-refractivity contribution in [3.63, 3.8) is 0 Å². The zero-order valence-corrected chi connectivity index (χ0v) is 11.0. The quantitative estimate of drug-likeness (QED) is 0.402. The summed E-state index contributed by atoms with van der Waals surface area (Å²) >= 11 is 0. The molecule has 7 heteroatoms. The lowest BCUT2D eigenvalue weighted by Gasteiger charge is -2.32. The zero-order valence-electron chi connectivity index (χ0n) is 11.0. The molecule has 0 amide bonds. The Kier molecular flexibility index (Phi) is 7.08. The fraction of sp³-hybridized carbons (Fsp3) is 0.462. The first-order chi connectivity index (χ1) is 9.49. The van der Waals surface area contributed by atoms with Crippen LogP contribution in [-0.2, 0) is 9.53 Å². The van der Waals surface area contributed by atoms with Crippen molar-refractivity contribution < 1.29 is 9.53 Å². The summed E-state index contributed by atoms with van der Waals surface area (Å²) in [5, 5.41) is 38.6. The first kappa shape index (κ1) is 17.1. The Labute approximate surface area is 117 Å². The van der Waals surface area contributed by atoms with Gasteiger partial charge in [0, 0.05) is 12.6 Å². The number of esters is 1. The SMILES string of the molecule is C=CC(=O)OCCNC(C)(C(C#N)C#N)C(C#N)C#N. The molecule has 0 rings (SSSR count). The van der Waals surface area contributed by atoms with Gasteiger partial charge in [0.2, 0.25) is 0 Å². The van der Waals surface area contributed by atoms with Gasteiger partial charge in [0.1, 0.15) is 6.61 Å². The van der Waals surface area contributed by atoms with Crippen LogP contribution in [0.4, 0.5) is 0 Å². The number of hydrogen-bond acceptors (Lipinski definition) is 7. The van der Waals surface area contributed by atoms with Crippen LogP contribution in [0.15, 0.2) is 12.7 Å². The molecule has 0 fully saturated rings. The average molecular weight is 271 g/mol. The fourth-order valence-corrected chi connectivity index (χ4v) is 1.50. The molecule has 0 atom stereocenters. The summed E-state index contributed by atoms with van der Waals surface area (Å²) in [6, 6.07) is 7.01. The number of ether oxygens (including phenoxy) is 1. The number of carbonyl (C=O) groups excluding carboxylic acids is 1. The minimum Gasteiger partial charge on any atom is -0.461 e. The van der Waals surface area contributed by atoms with Gasteiger partial charge in [-0.3, -0.25) is 0 Å². The summed E-state index contributed by atoms with van der Waals surface area (Å²) in [6.07, 6.45) is 1.000. The number of nitrogens with zero attached hydrogens (tertiary/aromatic N) is 4. The monoisotopic (exact) mass is 271 g/mol. The van der Waals surface area contributed by atoms with Crippen molar-refractivity contribution in [3.8, 4) is 24.3 Å². The van der Waals surface area contributed by atoms with E-state index in [0.29, 0.717) is 0 Å². The van der Waals surface area contributed by atoms with Crippen molar-refractivity contribution >= 4 is 5.97 Å². The molecule has 0 heterocycles. The van der Waals surface area contributed by atoms with E-state index in [0.717, 1.165) is 6.08 Å². The van der Waals surface area contributed by atoms with E-state index < -0.39 is 23.3 Å². The minimum absolute atomic E-state index is 0.0341.